The molecule has 3 nitrogen and oxygen atoms in total. The predicted octanol–water partition coefficient (Wildman–Crippen LogP) is 3.25. The third-order valence-electron chi connectivity index (χ3n) is 3.28. The highest BCUT2D eigenvalue weighted by molar-refractivity contribution is 5.85. The van der Waals surface area contributed by atoms with Crippen LogP contribution in [-0.2, 0) is 0 Å². The molecule has 0 aliphatic carbocycles. The molecule has 1 atom stereocenters. The quantitative estimate of drug-likeness (QED) is 0.899. The van der Waals surface area contributed by atoms with Crippen molar-refractivity contribution in [1.29, 1.82) is 0 Å². The highest BCUT2D eigenvalue weighted by Crippen LogP contribution is 2.39. The summed E-state index contributed by atoms with van der Waals surface area (Å²) in [7, 11) is 0. The Morgan fingerprint density at radius 3 is 2.15 bits per heavy atom. The lowest BCUT2D eigenvalue weighted by molar-refractivity contribution is -0.192. The fourth-order valence-electron chi connectivity index (χ4n) is 2.23. The van der Waals surface area contributed by atoms with E-state index in [0.29, 0.717) is 31.9 Å². The van der Waals surface area contributed by atoms with Gasteiger partial charge in [0.2, 0.25) is 0 Å². The van der Waals surface area contributed by atoms with E-state index in [-0.39, 0.29) is 30.6 Å². The number of alkyl halides is 3. The zero-order chi connectivity index (χ0) is 13.3. The zero-order valence-corrected chi connectivity index (χ0v) is 12.9. The van der Waals surface area contributed by atoms with Crippen LogP contribution in [0, 0.1) is 13.8 Å². The summed E-state index contributed by atoms with van der Waals surface area (Å²) in [5.41, 5.74) is 0.759. The van der Waals surface area contributed by atoms with E-state index >= 15 is 0 Å². The van der Waals surface area contributed by atoms with Crippen LogP contribution in [0.2, 0.25) is 0 Å². The molecule has 0 saturated carbocycles. The van der Waals surface area contributed by atoms with Crippen molar-refractivity contribution in [2.75, 3.05) is 26.2 Å². The largest absolute Gasteiger partial charge is 0.464 e. The second-order valence-corrected chi connectivity index (χ2v) is 4.62. The van der Waals surface area contributed by atoms with Crippen LogP contribution >= 0.6 is 24.8 Å². The summed E-state index contributed by atoms with van der Waals surface area (Å²) in [6.45, 7) is 5.35. The Kier molecular flexibility index (Phi) is 7.38. The molecule has 0 radical (unpaired) electrons. The van der Waals surface area contributed by atoms with Crippen molar-refractivity contribution in [1.82, 2.24) is 10.2 Å². The van der Waals surface area contributed by atoms with Crippen LogP contribution in [0.4, 0.5) is 13.2 Å². The Balaban J connectivity index is 0.00000180. The number of hydrogen-bond acceptors (Lipinski definition) is 3. The van der Waals surface area contributed by atoms with Crippen LogP contribution in [0.3, 0.4) is 0 Å². The summed E-state index contributed by atoms with van der Waals surface area (Å²) in [5.74, 6) is 0.550. The second-order valence-electron chi connectivity index (χ2n) is 4.62. The topological polar surface area (TPSA) is 28.4 Å². The van der Waals surface area contributed by atoms with Crippen molar-refractivity contribution in [3.63, 3.8) is 0 Å². The lowest BCUT2D eigenvalue weighted by atomic mass is 10.1. The van der Waals surface area contributed by atoms with Crippen LogP contribution in [0.5, 0.6) is 0 Å². The number of rotatable bonds is 2. The Morgan fingerprint density at radius 2 is 1.75 bits per heavy atom. The van der Waals surface area contributed by atoms with Crippen molar-refractivity contribution in [3.05, 3.63) is 23.2 Å². The van der Waals surface area contributed by atoms with Gasteiger partial charge in [0.1, 0.15) is 11.5 Å². The van der Waals surface area contributed by atoms with Gasteiger partial charge in [0.15, 0.2) is 6.04 Å². The lowest BCUT2D eigenvalue weighted by Crippen LogP contribution is -2.48. The van der Waals surface area contributed by atoms with Crippen molar-refractivity contribution < 1.29 is 17.6 Å². The fourth-order valence-corrected chi connectivity index (χ4v) is 2.23. The SMILES string of the molecule is Cc1cc([C@@H](N2CCNCC2)C(F)(F)F)oc1C.Cl.Cl. The molecule has 2 rings (SSSR count). The molecule has 1 aromatic rings. The molecule has 0 unspecified atom stereocenters. The van der Waals surface area contributed by atoms with Crippen molar-refractivity contribution >= 4 is 24.8 Å². The Hall–Kier alpha value is -0.430. The minimum absolute atomic E-state index is 0. The minimum atomic E-state index is -4.31. The molecule has 1 fully saturated rings. The molecule has 20 heavy (non-hydrogen) atoms. The third-order valence-corrected chi connectivity index (χ3v) is 3.28. The molecule has 8 heteroatoms. The number of nitrogens with zero attached hydrogens (tertiary/aromatic N) is 1. The first-order chi connectivity index (χ1) is 8.39. The minimum Gasteiger partial charge on any atom is -0.464 e. The van der Waals surface area contributed by atoms with Crippen LogP contribution in [0.1, 0.15) is 23.1 Å². The van der Waals surface area contributed by atoms with Crippen molar-refractivity contribution in [3.8, 4) is 0 Å². The van der Waals surface area contributed by atoms with Crippen LogP contribution in [-0.4, -0.2) is 37.3 Å². The fraction of sp³-hybridized carbons (Fsp3) is 0.667. The van der Waals surface area contributed by atoms with E-state index in [1.165, 1.54) is 11.0 Å². The highest BCUT2D eigenvalue weighted by atomic mass is 35.5. The first kappa shape index (κ1) is 19.6. The van der Waals surface area contributed by atoms with E-state index in [1.54, 1.807) is 13.8 Å². The van der Waals surface area contributed by atoms with E-state index in [2.05, 4.69) is 5.32 Å². The number of halogens is 5. The molecule has 0 aromatic carbocycles. The van der Waals surface area contributed by atoms with Gasteiger partial charge in [0, 0.05) is 26.2 Å². The molecule has 1 aliphatic heterocycles. The van der Waals surface area contributed by atoms with Gasteiger partial charge in [0.25, 0.3) is 0 Å². The predicted molar refractivity (Wildman–Crippen MR) is 75.9 cm³/mol. The van der Waals surface area contributed by atoms with Gasteiger partial charge in [-0.25, -0.2) is 0 Å². The maximum absolute atomic E-state index is 13.2. The summed E-state index contributed by atoms with van der Waals surface area (Å²) in [6, 6.07) is -0.137. The first-order valence-corrected chi connectivity index (χ1v) is 5.98. The number of hydrogen-bond donors (Lipinski definition) is 1. The zero-order valence-electron chi connectivity index (χ0n) is 11.3. The molecule has 1 aliphatic rings. The highest BCUT2D eigenvalue weighted by Gasteiger charge is 2.47. The van der Waals surface area contributed by atoms with Crippen molar-refractivity contribution in [2.45, 2.75) is 26.1 Å². The van der Waals surface area contributed by atoms with Gasteiger partial charge in [-0.2, -0.15) is 13.2 Å². The summed E-state index contributed by atoms with van der Waals surface area (Å²) in [5, 5.41) is 3.05. The first-order valence-electron chi connectivity index (χ1n) is 5.98. The molecular weight excluding hydrogens is 316 g/mol. The van der Waals surface area contributed by atoms with E-state index in [9.17, 15) is 13.2 Å². The standard InChI is InChI=1S/C12H17F3N2O.2ClH/c1-8-7-10(18-9(8)2)11(12(13,14)15)17-5-3-16-4-6-17;;/h7,11,16H,3-6H2,1-2H3;2*1H/t11-;;/m1../s1. The maximum Gasteiger partial charge on any atom is 0.411 e. The summed E-state index contributed by atoms with van der Waals surface area (Å²) >= 11 is 0. The number of furan rings is 1. The molecule has 0 amide bonds. The molecular formula is C12H19Cl2F3N2O. The lowest BCUT2D eigenvalue weighted by Gasteiger charge is -2.34. The molecule has 118 valence electrons. The molecule has 1 N–H and O–H groups in total. The summed E-state index contributed by atoms with van der Waals surface area (Å²) < 4.78 is 44.9. The Morgan fingerprint density at radius 1 is 1.20 bits per heavy atom. The average Bonchev–Trinajstić information content (AvgIpc) is 2.58. The van der Waals surface area contributed by atoms with E-state index in [1.807, 2.05) is 0 Å². The third kappa shape index (κ3) is 4.28. The van der Waals surface area contributed by atoms with Gasteiger partial charge < -0.3 is 9.73 Å². The maximum atomic E-state index is 13.2. The Bertz CT molecular complexity index is 398. The van der Waals surface area contributed by atoms with Crippen molar-refractivity contribution in [2.24, 2.45) is 0 Å². The molecule has 2 heterocycles. The number of aryl methyl sites for hydroxylation is 2. The van der Waals surface area contributed by atoms with Gasteiger partial charge in [-0.05, 0) is 25.5 Å². The van der Waals surface area contributed by atoms with Gasteiger partial charge in [0.05, 0.1) is 0 Å². The van der Waals surface area contributed by atoms with Crippen LogP contribution < -0.4 is 5.32 Å². The second kappa shape index (κ2) is 7.54. The average molecular weight is 335 g/mol. The smallest absolute Gasteiger partial charge is 0.411 e. The summed E-state index contributed by atoms with van der Waals surface area (Å²) in [6.07, 6.45) is -4.31. The van der Waals surface area contributed by atoms with E-state index in [4.69, 9.17) is 4.42 Å². The van der Waals surface area contributed by atoms with Crippen LogP contribution in [0.15, 0.2) is 10.5 Å². The van der Waals surface area contributed by atoms with Crippen LogP contribution in [0.25, 0.3) is 0 Å². The molecule has 1 aromatic heterocycles. The number of piperazine rings is 1. The monoisotopic (exact) mass is 334 g/mol. The van der Waals surface area contributed by atoms with Gasteiger partial charge >= 0.3 is 6.18 Å². The molecule has 0 bridgehead atoms. The van der Waals surface area contributed by atoms with E-state index in [0.717, 1.165) is 5.56 Å². The number of nitrogens with one attached hydrogen (secondary N) is 1. The normalized spacial score (nSPS) is 18.1. The Labute approximate surface area is 128 Å². The van der Waals surface area contributed by atoms with Gasteiger partial charge in [-0.1, -0.05) is 0 Å². The summed E-state index contributed by atoms with van der Waals surface area (Å²) in [4.78, 5) is 1.42. The van der Waals surface area contributed by atoms with Gasteiger partial charge in [-0.15, -0.1) is 24.8 Å². The van der Waals surface area contributed by atoms with E-state index < -0.39 is 12.2 Å². The molecule has 1 saturated heterocycles. The van der Waals surface area contributed by atoms with Gasteiger partial charge in [-0.3, -0.25) is 4.90 Å². The molecule has 0 spiro atoms.